The lowest BCUT2D eigenvalue weighted by atomic mass is 9.70. The fourth-order valence-corrected chi connectivity index (χ4v) is 12.1. The van der Waals surface area contributed by atoms with Gasteiger partial charge >= 0.3 is 23.9 Å². The Hall–Kier alpha value is -3.18. The third-order valence-corrected chi connectivity index (χ3v) is 18.1. The molecular formula is C48H58Cl4N2O8. The van der Waals surface area contributed by atoms with Gasteiger partial charge in [0.25, 0.3) is 0 Å². The van der Waals surface area contributed by atoms with Crippen LogP contribution in [0.15, 0.2) is 46.4 Å². The van der Waals surface area contributed by atoms with Crippen LogP contribution >= 0.6 is 46.4 Å². The largest absolute Gasteiger partial charge is 0.460 e. The predicted molar refractivity (Wildman–Crippen MR) is 241 cm³/mol. The molecule has 6 aliphatic rings. The van der Waals surface area contributed by atoms with Crippen LogP contribution in [0.3, 0.4) is 0 Å². The molecule has 2 aliphatic heterocycles. The summed E-state index contributed by atoms with van der Waals surface area (Å²) in [6.07, 6.45) is 3.75. The molecule has 62 heavy (non-hydrogen) atoms. The summed E-state index contributed by atoms with van der Waals surface area (Å²) in [4.78, 5) is 61.0. The summed E-state index contributed by atoms with van der Waals surface area (Å²) >= 11 is 24.6. The Morgan fingerprint density at radius 2 is 0.952 bits per heavy atom. The van der Waals surface area contributed by atoms with Crippen molar-refractivity contribution in [1.29, 1.82) is 0 Å². The maximum absolute atomic E-state index is 12.8. The highest BCUT2D eigenvalue weighted by Crippen LogP contribution is 2.66. The number of nitrogens with zero attached hydrogens (tertiary/aromatic N) is 2. The van der Waals surface area contributed by atoms with Gasteiger partial charge in [-0.15, -0.1) is 0 Å². The van der Waals surface area contributed by atoms with E-state index in [2.05, 4.69) is 41.5 Å². The van der Waals surface area contributed by atoms with Crippen LogP contribution in [0.2, 0.25) is 20.1 Å². The van der Waals surface area contributed by atoms with Crippen molar-refractivity contribution in [2.24, 2.45) is 67.2 Å². The van der Waals surface area contributed by atoms with Gasteiger partial charge in [-0.3, -0.25) is 19.6 Å². The molecule has 4 saturated carbocycles. The van der Waals surface area contributed by atoms with Crippen molar-refractivity contribution in [3.8, 4) is 0 Å². The average Bonchev–Trinajstić information content (AvgIpc) is 3.72. The van der Waals surface area contributed by atoms with Gasteiger partial charge in [0.1, 0.15) is 25.4 Å². The first-order chi connectivity index (χ1) is 29.0. The number of halogens is 4. The van der Waals surface area contributed by atoms with E-state index in [1.54, 1.807) is 50.2 Å². The number of fused-ring (bicyclic) bond motifs is 10. The zero-order chi connectivity index (χ0) is 45.4. The van der Waals surface area contributed by atoms with Crippen LogP contribution in [-0.4, -0.2) is 59.6 Å². The van der Waals surface area contributed by atoms with Crippen molar-refractivity contribution in [3.05, 3.63) is 67.6 Å². The molecule has 0 radical (unpaired) electrons. The van der Waals surface area contributed by atoms with Gasteiger partial charge in [0.05, 0.1) is 23.3 Å². The summed E-state index contributed by atoms with van der Waals surface area (Å²) in [5.41, 5.74) is 3.04. The molecule has 0 unspecified atom stereocenters. The number of aliphatic imine (C=N–C) groups is 2. The molecule has 8 rings (SSSR count). The van der Waals surface area contributed by atoms with E-state index in [9.17, 15) is 19.2 Å². The zero-order valence-electron chi connectivity index (χ0n) is 37.2. The highest BCUT2D eigenvalue weighted by molar-refractivity contribution is 6.36. The van der Waals surface area contributed by atoms with E-state index < -0.39 is 35.9 Å². The second-order valence-electron chi connectivity index (χ2n) is 19.9. The van der Waals surface area contributed by atoms with E-state index in [4.69, 9.17) is 75.3 Å². The number of ether oxygens (including phenoxy) is 4. The van der Waals surface area contributed by atoms with Gasteiger partial charge in [-0.05, 0) is 60.8 Å². The molecule has 0 saturated heterocycles. The smallest absolute Gasteiger partial charge is 0.331 e. The fraction of sp³-hybridized carbons (Fsp3) is 0.625. The number of carbonyl (C=O) groups excluding carboxylic acids is 4. The van der Waals surface area contributed by atoms with Crippen LogP contribution in [0.25, 0.3) is 0 Å². The third kappa shape index (κ3) is 7.58. The summed E-state index contributed by atoms with van der Waals surface area (Å²) in [7, 11) is 0. The average molecular weight is 933 g/mol. The number of benzene rings is 2. The standard InChI is InChI=1S/2C24H29Cl2NO4/c2*1-12(13(2)21(28)30-11-14-16(25)7-6-8-17(14)26)18-22(29)31-19-15-9-10-24(5,20(19)27-18)23(15,3)4/h2*6-8,12-13,15,18-19H,9-11H2,1-5H3/t2*12-,13+,15+,18+,19+,24-/m00/s1. The Morgan fingerprint density at radius 1 is 0.629 bits per heavy atom. The van der Waals surface area contributed by atoms with E-state index >= 15 is 0 Å². The second-order valence-corrected chi connectivity index (χ2v) is 21.6. The molecule has 14 heteroatoms. The number of rotatable bonds is 10. The minimum atomic E-state index is -0.704. The minimum absolute atomic E-state index is 0.0198. The monoisotopic (exact) mass is 930 g/mol. The van der Waals surface area contributed by atoms with Gasteiger partial charge < -0.3 is 18.9 Å². The third-order valence-electron chi connectivity index (χ3n) is 16.7. The van der Waals surface area contributed by atoms with E-state index in [1.807, 2.05) is 13.8 Å². The Kier molecular flexibility index (Phi) is 12.8. The lowest BCUT2D eigenvalue weighted by Gasteiger charge is -2.37. The summed E-state index contributed by atoms with van der Waals surface area (Å²) < 4.78 is 22.8. The first kappa shape index (κ1) is 46.8. The molecule has 2 aromatic carbocycles. The first-order valence-electron chi connectivity index (χ1n) is 21.7. The Morgan fingerprint density at radius 3 is 1.27 bits per heavy atom. The van der Waals surface area contributed by atoms with Gasteiger partial charge in [0, 0.05) is 65.7 Å². The highest BCUT2D eigenvalue weighted by atomic mass is 35.5. The summed E-state index contributed by atoms with van der Waals surface area (Å²) in [5, 5.41) is 1.78. The molecule has 12 atom stereocenters. The lowest BCUT2D eigenvalue weighted by Crippen LogP contribution is -2.48. The van der Waals surface area contributed by atoms with Crippen LogP contribution in [-0.2, 0) is 51.3 Å². The van der Waals surface area contributed by atoms with E-state index in [0.717, 1.165) is 37.1 Å². The number of carbonyl (C=O) groups is 4. The number of hydrogen-bond donors (Lipinski definition) is 0. The molecule has 2 heterocycles. The fourth-order valence-electron chi connectivity index (χ4n) is 11.1. The molecule has 2 aromatic rings. The number of esters is 4. The van der Waals surface area contributed by atoms with Crippen molar-refractivity contribution in [1.82, 2.24) is 0 Å². The van der Waals surface area contributed by atoms with Gasteiger partial charge in [0.2, 0.25) is 0 Å². The highest BCUT2D eigenvalue weighted by Gasteiger charge is 2.69. The maximum atomic E-state index is 12.8. The topological polar surface area (TPSA) is 130 Å². The molecule has 4 bridgehead atoms. The first-order valence-corrected chi connectivity index (χ1v) is 23.3. The van der Waals surface area contributed by atoms with Crippen LogP contribution in [0.5, 0.6) is 0 Å². The van der Waals surface area contributed by atoms with Crippen LogP contribution in [0.1, 0.15) is 106 Å². The van der Waals surface area contributed by atoms with Crippen LogP contribution < -0.4 is 0 Å². The molecule has 0 N–H and O–H groups in total. The van der Waals surface area contributed by atoms with Crippen LogP contribution in [0, 0.1) is 57.2 Å². The molecule has 0 aromatic heterocycles. The Bertz CT molecular complexity index is 2030. The molecule has 4 aliphatic carbocycles. The van der Waals surface area contributed by atoms with Gasteiger partial charge in [-0.2, -0.15) is 0 Å². The SMILES string of the molecule is C[C@@H]([C@@H](C)C(=O)OCc1c(Cl)cccc1Cl)[C@H]1N=C2[C@H](OC1=O)[C@H]1CC[C@]2(C)C1(C)C.C[C@@H]([C@@H](C)C(=O)OCc1c(Cl)cccc1Cl)[C@H]1N=C2[C@H](OC1=O)[C@H]1CC[C@]2(C)C1(C)C. The van der Waals surface area contributed by atoms with Crippen molar-refractivity contribution < 1.29 is 38.1 Å². The second kappa shape index (κ2) is 17.0. The molecule has 0 amide bonds. The summed E-state index contributed by atoms with van der Waals surface area (Å²) in [6, 6.07) is 8.86. The molecule has 0 spiro atoms. The molecule has 4 fully saturated rings. The molecular weight excluding hydrogens is 874 g/mol. The van der Waals surface area contributed by atoms with Crippen molar-refractivity contribution in [2.45, 2.75) is 132 Å². The van der Waals surface area contributed by atoms with Gasteiger partial charge in [-0.25, -0.2) is 9.59 Å². The summed E-state index contributed by atoms with van der Waals surface area (Å²) in [6.45, 7) is 20.6. The van der Waals surface area contributed by atoms with Gasteiger partial charge in [-0.1, -0.05) is 128 Å². The van der Waals surface area contributed by atoms with Crippen LogP contribution in [0.4, 0.5) is 0 Å². The van der Waals surface area contributed by atoms with E-state index in [1.165, 1.54) is 0 Å². The Balaban J connectivity index is 0.000000186. The molecule has 10 nitrogen and oxygen atoms in total. The van der Waals surface area contributed by atoms with Gasteiger partial charge in [0.15, 0.2) is 12.1 Å². The maximum Gasteiger partial charge on any atom is 0.331 e. The predicted octanol–water partition coefficient (Wildman–Crippen LogP) is 11.0. The molecule has 336 valence electrons. The minimum Gasteiger partial charge on any atom is -0.460 e. The van der Waals surface area contributed by atoms with Crippen molar-refractivity contribution in [3.63, 3.8) is 0 Å². The van der Waals surface area contributed by atoms with E-state index in [-0.39, 0.29) is 70.9 Å². The van der Waals surface area contributed by atoms with Crippen molar-refractivity contribution >= 4 is 81.7 Å². The Labute approximate surface area is 385 Å². The normalized spacial score (nSPS) is 32.7. The lowest BCUT2D eigenvalue weighted by molar-refractivity contribution is -0.158. The number of hydrogen-bond acceptors (Lipinski definition) is 10. The quantitative estimate of drug-likeness (QED) is 0.170. The van der Waals surface area contributed by atoms with E-state index in [0.29, 0.717) is 43.1 Å². The zero-order valence-corrected chi connectivity index (χ0v) is 40.2. The van der Waals surface area contributed by atoms with Crippen molar-refractivity contribution in [2.75, 3.05) is 0 Å². The summed E-state index contributed by atoms with van der Waals surface area (Å²) in [5.74, 6) is -2.72.